The second kappa shape index (κ2) is 10.1. The number of hydrogen-bond donors (Lipinski definition) is 1. The van der Waals surface area contributed by atoms with Gasteiger partial charge in [-0.15, -0.1) is 0 Å². The number of hydrogen-bond acceptors (Lipinski definition) is 4. The summed E-state index contributed by atoms with van der Waals surface area (Å²) in [6.07, 6.45) is 2.88. The van der Waals surface area contributed by atoms with E-state index in [0.717, 1.165) is 42.1 Å². The molecule has 6 nitrogen and oxygen atoms in total. The van der Waals surface area contributed by atoms with Gasteiger partial charge in [-0.05, 0) is 49.6 Å². The highest BCUT2D eigenvalue weighted by Gasteiger charge is 2.22. The van der Waals surface area contributed by atoms with E-state index in [1.165, 1.54) is 0 Å². The Kier molecular flexibility index (Phi) is 7.25. The van der Waals surface area contributed by atoms with Crippen molar-refractivity contribution in [1.29, 1.82) is 0 Å². The molecular formula is C22H29N3O3. The highest BCUT2D eigenvalue weighted by molar-refractivity contribution is 5.74. The van der Waals surface area contributed by atoms with Gasteiger partial charge >= 0.3 is 6.03 Å². The summed E-state index contributed by atoms with van der Waals surface area (Å²) in [5.41, 5.74) is 3.04. The Labute approximate surface area is 166 Å². The molecule has 1 fully saturated rings. The number of pyridine rings is 1. The van der Waals surface area contributed by atoms with Crippen molar-refractivity contribution in [3.05, 3.63) is 59.4 Å². The quantitative estimate of drug-likeness (QED) is 0.759. The molecule has 1 aliphatic rings. The molecule has 0 spiro atoms. The number of nitrogens with one attached hydrogen (secondary N) is 1. The summed E-state index contributed by atoms with van der Waals surface area (Å²) in [6, 6.07) is 13.7. The fourth-order valence-electron chi connectivity index (χ4n) is 3.35. The SMILES string of the molecule is COc1ccc(CN(C[C@@H]2CCCO2)C(=O)NCCc2cccc(C)n2)cc1. The summed E-state index contributed by atoms with van der Waals surface area (Å²) in [7, 11) is 1.65. The van der Waals surface area contributed by atoms with Crippen molar-refractivity contribution in [2.75, 3.05) is 26.8 Å². The van der Waals surface area contributed by atoms with Crippen LogP contribution in [0.25, 0.3) is 0 Å². The van der Waals surface area contributed by atoms with E-state index in [-0.39, 0.29) is 12.1 Å². The van der Waals surface area contributed by atoms with Gasteiger partial charge in [0.1, 0.15) is 5.75 Å². The van der Waals surface area contributed by atoms with Crippen LogP contribution >= 0.6 is 0 Å². The molecule has 1 aromatic carbocycles. The maximum Gasteiger partial charge on any atom is 0.317 e. The van der Waals surface area contributed by atoms with Gasteiger partial charge in [-0.25, -0.2) is 4.79 Å². The van der Waals surface area contributed by atoms with E-state index in [1.807, 2.05) is 54.3 Å². The summed E-state index contributed by atoms with van der Waals surface area (Å²) < 4.78 is 11.0. The Balaban J connectivity index is 1.58. The zero-order chi connectivity index (χ0) is 19.8. The molecule has 1 N–H and O–H groups in total. The predicted molar refractivity (Wildman–Crippen MR) is 108 cm³/mol. The lowest BCUT2D eigenvalue weighted by Crippen LogP contribution is -2.43. The average Bonchev–Trinajstić information content (AvgIpc) is 3.21. The molecule has 6 heteroatoms. The van der Waals surface area contributed by atoms with Gasteiger partial charge in [0, 0.05) is 44.0 Å². The van der Waals surface area contributed by atoms with Gasteiger partial charge in [-0.3, -0.25) is 4.98 Å². The molecule has 1 atom stereocenters. The van der Waals surface area contributed by atoms with Crippen LogP contribution in [0.5, 0.6) is 5.75 Å². The molecule has 1 saturated heterocycles. The Morgan fingerprint density at radius 2 is 2.11 bits per heavy atom. The first-order chi connectivity index (χ1) is 13.6. The number of benzene rings is 1. The van der Waals surface area contributed by atoms with Gasteiger partial charge in [0.2, 0.25) is 0 Å². The van der Waals surface area contributed by atoms with E-state index in [2.05, 4.69) is 10.3 Å². The molecule has 1 aliphatic heterocycles. The lowest BCUT2D eigenvalue weighted by molar-refractivity contribution is 0.0795. The van der Waals surface area contributed by atoms with E-state index in [4.69, 9.17) is 9.47 Å². The molecular weight excluding hydrogens is 354 g/mol. The molecule has 3 rings (SSSR count). The van der Waals surface area contributed by atoms with Crippen molar-refractivity contribution in [2.24, 2.45) is 0 Å². The number of aryl methyl sites for hydroxylation is 1. The van der Waals surface area contributed by atoms with Gasteiger partial charge in [0.05, 0.1) is 13.2 Å². The summed E-state index contributed by atoms with van der Waals surface area (Å²) in [6.45, 7) is 4.45. The molecule has 0 unspecified atom stereocenters. The molecule has 2 aromatic rings. The van der Waals surface area contributed by atoms with Crippen LogP contribution < -0.4 is 10.1 Å². The van der Waals surface area contributed by atoms with E-state index in [9.17, 15) is 4.79 Å². The van der Waals surface area contributed by atoms with Gasteiger partial charge in [0.15, 0.2) is 0 Å². The van der Waals surface area contributed by atoms with Crippen LogP contribution in [0.4, 0.5) is 4.79 Å². The normalized spacial score (nSPS) is 16.0. The van der Waals surface area contributed by atoms with Crippen LogP contribution in [-0.4, -0.2) is 48.8 Å². The molecule has 0 saturated carbocycles. The van der Waals surface area contributed by atoms with E-state index in [0.29, 0.717) is 26.1 Å². The van der Waals surface area contributed by atoms with Crippen LogP contribution in [0, 0.1) is 6.92 Å². The number of nitrogens with zero attached hydrogens (tertiary/aromatic N) is 2. The molecule has 28 heavy (non-hydrogen) atoms. The molecule has 150 valence electrons. The number of carbonyl (C=O) groups excluding carboxylic acids is 1. The second-order valence-electron chi connectivity index (χ2n) is 7.12. The van der Waals surface area contributed by atoms with Gasteiger partial charge in [-0.2, -0.15) is 0 Å². The van der Waals surface area contributed by atoms with E-state index >= 15 is 0 Å². The van der Waals surface area contributed by atoms with Crippen molar-refractivity contribution in [3.8, 4) is 5.75 Å². The van der Waals surface area contributed by atoms with Gasteiger partial charge in [0.25, 0.3) is 0 Å². The zero-order valence-electron chi connectivity index (χ0n) is 16.7. The van der Waals surface area contributed by atoms with Crippen LogP contribution in [-0.2, 0) is 17.7 Å². The Morgan fingerprint density at radius 3 is 2.79 bits per heavy atom. The maximum absolute atomic E-state index is 12.8. The minimum atomic E-state index is -0.0704. The first-order valence-electron chi connectivity index (χ1n) is 9.84. The maximum atomic E-state index is 12.8. The molecule has 0 aliphatic carbocycles. The standard InChI is InChI=1S/C22H29N3O3/c1-17-5-3-6-19(24-17)12-13-23-22(26)25(16-21-7-4-14-28-21)15-18-8-10-20(27-2)11-9-18/h3,5-6,8-11,21H,4,7,12-16H2,1-2H3,(H,23,26)/t21-/m0/s1. The largest absolute Gasteiger partial charge is 0.497 e. The third kappa shape index (κ3) is 5.96. The van der Waals surface area contributed by atoms with Gasteiger partial charge in [-0.1, -0.05) is 18.2 Å². The molecule has 2 amide bonds. The Hall–Kier alpha value is -2.60. The van der Waals surface area contributed by atoms with Crippen molar-refractivity contribution >= 4 is 6.03 Å². The first kappa shape index (κ1) is 20.1. The Morgan fingerprint density at radius 1 is 1.29 bits per heavy atom. The number of carbonyl (C=O) groups is 1. The lowest BCUT2D eigenvalue weighted by atomic mass is 10.2. The molecule has 0 bridgehead atoms. The zero-order valence-corrected chi connectivity index (χ0v) is 16.7. The third-order valence-corrected chi connectivity index (χ3v) is 4.87. The topological polar surface area (TPSA) is 63.7 Å². The first-order valence-corrected chi connectivity index (χ1v) is 9.84. The number of ether oxygens (including phenoxy) is 2. The van der Waals surface area contributed by atoms with Gasteiger partial charge < -0.3 is 19.7 Å². The summed E-state index contributed by atoms with van der Waals surface area (Å²) >= 11 is 0. The van der Waals surface area contributed by atoms with Crippen LogP contribution in [0.1, 0.15) is 29.8 Å². The minimum Gasteiger partial charge on any atom is -0.497 e. The smallest absolute Gasteiger partial charge is 0.317 e. The molecule has 0 radical (unpaired) electrons. The number of methoxy groups -OCH3 is 1. The highest BCUT2D eigenvalue weighted by atomic mass is 16.5. The van der Waals surface area contributed by atoms with Crippen molar-refractivity contribution in [2.45, 2.75) is 38.8 Å². The van der Waals surface area contributed by atoms with Crippen molar-refractivity contribution < 1.29 is 14.3 Å². The predicted octanol–water partition coefficient (Wildman–Crippen LogP) is 3.33. The second-order valence-corrected chi connectivity index (χ2v) is 7.12. The van der Waals surface area contributed by atoms with E-state index in [1.54, 1.807) is 7.11 Å². The fourth-order valence-corrected chi connectivity index (χ4v) is 3.35. The summed E-state index contributed by atoms with van der Waals surface area (Å²) in [5, 5.41) is 3.03. The van der Waals surface area contributed by atoms with Crippen molar-refractivity contribution in [3.63, 3.8) is 0 Å². The van der Waals surface area contributed by atoms with Crippen LogP contribution in [0.2, 0.25) is 0 Å². The van der Waals surface area contributed by atoms with Crippen LogP contribution in [0.15, 0.2) is 42.5 Å². The average molecular weight is 383 g/mol. The summed E-state index contributed by atoms with van der Waals surface area (Å²) in [5.74, 6) is 0.810. The molecule has 2 heterocycles. The fraction of sp³-hybridized carbons (Fsp3) is 0.455. The minimum absolute atomic E-state index is 0.0704. The number of amides is 2. The van der Waals surface area contributed by atoms with Crippen molar-refractivity contribution in [1.82, 2.24) is 15.2 Å². The summed E-state index contributed by atoms with van der Waals surface area (Å²) in [4.78, 5) is 19.1. The van der Waals surface area contributed by atoms with E-state index < -0.39 is 0 Å². The number of urea groups is 1. The highest BCUT2D eigenvalue weighted by Crippen LogP contribution is 2.17. The monoisotopic (exact) mass is 383 g/mol. The van der Waals surface area contributed by atoms with Crippen LogP contribution in [0.3, 0.4) is 0 Å². The third-order valence-electron chi connectivity index (χ3n) is 4.87. The Bertz CT molecular complexity index is 758. The number of rotatable bonds is 8. The molecule has 1 aromatic heterocycles. The lowest BCUT2D eigenvalue weighted by Gasteiger charge is -2.26. The number of aromatic nitrogens is 1.